The van der Waals surface area contributed by atoms with Crippen LogP contribution in [0, 0.1) is 13.8 Å². The number of anilines is 1. The Kier molecular flexibility index (Phi) is 7.07. The summed E-state index contributed by atoms with van der Waals surface area (Å²) in [6.45, 7) is 5.93. The first-order chi connectivity index (χ1) is 11.5. The smallest absolute Gasteiger partial charge is 0.307 e. The lowest BCUT2D eigenvalue weighted by Gasteiger charge is -2.09. The lowest BCUT2D eigenvalue weighted by molar-refractivity contribution is -0.117. The van der Waals surface area contributed by atoms with E-state index in [4.69, 9.17) is 0 Å². The van der Waals surface area contributed by atoms with Gasteiger partial charge in [-0.25, -0.2) is 4.79 Å². The van der Waals surface area contributed by atoms with Gasteiger partial charge in [0, 0.05) is 5.69 Å². The third kappa shape index (κ3) is 5.81. The van der Waals surface area contributed by atoms with Crippen molar-refractivity contribution in [1.29, 1.82) is 0 Å². The van der Waals surface area contributed by atoms with Crippen LogP contribution in [0.5, 0.6) is 0 Å². The number of hydrogen-bond acceptors (Lipinski definition) is 7. The summed E-state index contributed by atoms with van der Waals surface area (Å²) in [4.78, 5) is 23.7. The van der Waals surface area contributed by atoms with Crippen molar-refractivity contribution in [3.05, 3.63) is 29.3 Å². The van der Waals surface area contributed by atoms with Gasteiger partial charge in [0.2, 0.25) is 5.91 Å². The standard InChI is InChI=1S/C15H18N4O2S3/c1-4-22-14-18-19-15(24-14)23-8-12(20)17-13(21)16-11-6-5-9(2)7-10(11)3/h5-7H,4,8H2,1-3H3,(H2,16,17,20,21). The summed E-state index contributed by atoms with van der Waals surface area (Å²) in [6, 6.07) is 5.15. The van der Waals surface area contributed by atoms with Crippen molar-refractivity contribution in [2.75, 3.05) is 16.8 Å². The van der Waals surface area contributed by atoms with Gasteiger partial charge >= 0.3 is 6.03 Å². The zero-order valence-electron chi connectivity index (χ0n) is 13.6. The van der Waals surface area contributed by atoms with Crippen LogP contribution in [0.3, 0.4) is 0 Å². The molecule has 0 aliphatic carbocycles. The number of thioether (sulfide) groups is 2. The van der Waals surface area contributed by atoms with Crippen molar-refractivity contribution in [1.82, 2.24) is 15.5 Å². The number of hydrogen-bond donors (Lipinski definition) is 2. The molecule has 0 unspecified atom stereocenters. The van der Waals surface area contributed by atoms with Gasteiger partial charge in [0.1, 0.15) is 0 Å². The average Bonchev–Trinajstić information content (AvgIpc) is 2.96. The predicted molar refractivity (Wildman–Crippen MR) is 100 cm³/mol. The van der Waals surface area contributed by atoms with E-state index in [1.54, 1.807) is 11.8 Å². The summed E-state index contributed by atoms with van der Waals surface area (Å²) >= 11 is 4.33. The number of carbonyl (C=O) groups is 2. The summed E-state index contributed by atoms with van der Waals surface area (Å²) in [6.07, 6.45) is 0. The first-order valence-electron chi connectivity index (χ1n) is 7.25. The fourth-order valence-corrected chi connectivity index (χ4v) is 4.55. The number of carbonyl (C=O) groups excluding carboxylic acids is 2. The van der Waals surface area contributed by atoms with E-state index in [-0.39, 0.29) is 11.7 Å². The number of aromatic nitrogens is 2. The van der Waals surface area contributed by atoms with Gasteiger partial charge in [0.25, 0.3) is 0 Å². The highest BCUT2D eigenvalue weighted by Crippen LogP contribution is 2.28. The van der Waals surface area contributed by atoms with E-state index in [0.717, 1.165) is 25.6 Å². The van der Waals surface area contributed by atoms with Gasteiger partial charge in [0.05, 0.1) is 5.75 Å². The number of nitrogens with zero attached hydrogens (tertiary/aromatic N) is 2. The number of amides is 3. The summed E-state index contributed by atoms with van der Waals surface area (Å²) in [5.41, 5.74) is 2.74. The monoisotopic (exact) mass is 382 g/mol. The average molecular weight is 383 g/mol. The second-order valence-corrected chi connectivity index (χ2v) is 8.59. The number of aryl methyl sites for hydroxylation is 2. The topological polar surface area (TPSA) is 84.0 Å². The van der Waals surface area contributed by atoms with E-state index in [1.165, 1.54) is 23.1 Å². The fraction of sp³-hybridized carbons (Fsp3) is 0.333. The van der Waals surface area contributed by atoms with Gasteiger partial charge in [-0.1, -0.05) is 59.5 Å². The Bertz CT molecular complexity index is 733. The molecule has 0 spiro atoms. The maximum Gasteiger partial charge on any atom is 0.325 e. The molecule has 3 amide bonds. The highest BCUT2D eigenvalue weighted by Gasteiger charge is 2.12. The Morgan fingerprint density at radius 2 is 1.88 bits per heavy atom. The first kappa shape index (κ1) is 18.8. The molecule has 0 atom stereocenters. The van der Waals surface area contributed by atoms with Crippen LogP contribution in [0.15, 0.2) is 26.9 Å². The molecule has 1 aromatic carbocycles. The minimum absolute atomic E-state index is 0.117. The number of benzene rings is 1. The molecule has 24 heavy (non-hydrogen) atoms. The molecule has 1 heterocycles. The van der Waals surface area contributed by atoms with Crippen LogP contribution in [0.2, 0.25) is 0 Å². The van der Waals surface area contributed by atoms with Gasteiger partial charge in [-0.2, -0.15) is 0 Å². The molecular formula is C15H18N4O2S3. The Morgan fingerprint density at radius 1 is 1.17 bits per heavy atom. The molecule has 0 fully saturated rings. The van der Waals surface area contributed by atoms with Gasteiger partial charge < -0.3 is 5.32 Å². The van der Waals surface area contributed by atoms with Crippen molar-refractivity contribution in [3.63, 3.8) is 0 Å². The zero-order chi connectivity index (χ0) is 17.5. The third-order valence-electron chi connectivity index (χ3n) is 2.87. The lowest BCUT2D eigenvalue weighted by Crippen LogP contribution is -2.35. The van der Waals surface area contributed by atoms with Gasteiger partial charge in [-0.05, 0) is 31.2 Å². The van der Waals surface area contributed by atoms with Crippen molar-refractivity contribution >= 4 is 52.5 Å². The minimum atomic E-state index is -0.535. The summed E-state index contributed by atoms with van der Waals surface area (Å²) in [5.74, 6) is 0.673. The maximum absolute atomic E-state index is 11.9. The van der Waals surface area contributed by atoms with E-state index < -0.39 is 6.03 Å². The molecule has 9 heteroatoms. The lowest BCUT2D eigenvalue weighted by atomic mass is 10.1. The minimum Gasteiger partial charge on any atom is -0.307 e. The van der Waals surface area contributed by atoms with Crippen LogP contribution in [0.25, 0.3) is 0 Å². The molecule has 1 aromatic heterocycles. The highest BCUT2D eigenvalue weighted by molar-refractivity contribution is 8.03. The molecule has 0 saturated heterocycles. The largest absolute Gasteiger partial charge is 0.325 e. The molecular weight excluding hydrogens is 364 g/mol. The summed E-state index contributed by atoms with van der Waals surface area (Å²) in [5, 5.41) is 13.0. The molecule has 0 saturated carbocycles. The Labute approximate surface area is 153 Å². The van der Waals surface area contributed by atoms with Crippen molar-refractivity contribution < 1.29 is 9.59 Å². The predicted octanol–water partition coefficient (Wildman–Crippen LogP) is 3.71. The fourth-order valence-electron chi connectivity index (χ4n) is 1.83. The van der Waals surface area contributed by atoms with Crippen molar-refractivity contribution in [2.45, 2.75) is 29.5 Å². The molecule has 0 aliphatic rings. The van der Waals surface area contributed by atoms with Gasteiger partial charge in [-0.3, -0.25) is 10.1 Å². The van der Waals surface area contributed by atoms with Crippen LogP contribution < -0.4 is 10.6 Å². The van der Waals surface area contributed by atoms with Gasteiger partial charge in [-0.15, -0.1) is 10.2 Å². The van der Waals surface area contributed by atoms with E-state index >= 15 is 0 Å². The number of imide groups is 1. The highest BCUT2D eigenvalue weighted by atomic mass is 32.2. The SMILES string of the molecule is CCSc1nnc(SCC(=O)NC(=O)Nc2ccc(C)cc2C)s1. The second-order valence-electron chi connectivity index (χ2n) is 4.88. The Hall–Kier alpha value is -1.58. The molecule has 2 N–H and O–H groups in total. The molecule has 128 valence electrons. The van der Waals surface area contributed by atoms with Crippen molar-refractivity contribution in [2.24, 2.45) is 0 Å². The third-order valence-corrected chi connectivity index (χ3v) is 5.94. The summed E-state index contributed by atoms with van der Waals surface area (Å²) < 4.78 is 1.60. The maximum atomic E-state index is 11.9. The normalized spacial score (nSPS) is 10.5. The molecule has 0 radical (unpaired) electrons. The first-order valence-corrected chi connectivity index (χ1v) is 10.0. The van der Waals surface area contributed by atoms with E-state index in [1.807, 2.05) is 39.0 Å². The molecule has 2 aromatic rings. The number of urea groups is 1. The van der Waals surface area contributed by atoms with Crippen molar-refractivity contribution in [3.8, 4) is 0 Å². The number of nitrogens with one attached hydrogen (secondary N) is 2. The molecule has 6 nitrogen and oxygen atoms in total. The van der Waals surface area contributed by atoms with Crippen LogP contribution in [-0.4, -0.2) is 33.6 Å². The summed E-state index contributed by atoms with van der Waals surface area (Å²) in [7, 11) is 0. The Morgan fingerprint density at radius 3 is 2.54 bits per heavy atom. The quantitative estimate of drug-likeness (QED) is 0.741. The zero-order valence-corrected chi connectivity index (χ0v) is 16.0. The molecule has 0 aliphatic heterocycles. The van der Waals surface area contributed by atoms with Crippen LogP contribution in [-0.2, 0) is 4.79 Å². The molecule has 2 rings (SSSR count). The van der Waals surface area contributed by atoms with Crippen LogP contribution in [0.1, 0.15) is 18.1 Å². The molecule has 0 bridgehead atoms. The second kappa shape index (κ2) is 9.05. The van der Waals surface area contributed by atoms with E-state index in [2.05, 4.69) is 20.8 Å². The van der Waals surface area contributed by atoms with Crippen LogP contribution in [0.4, 0.5) is 10.5 Å². The van der Waals surface area contributed by atoms with Gasteiger partial charge in [0.15, 0.2) is 8.68 Å². The number of rotatable bonds is 6. The van der Waals surface area contributed by atoms with E-state index in [0.29, 0.717) is 5.69 Å². The van der Waals surface area contributed by atoms with E-state index in [9.17, 15) is 9.59 Å². The Balaban J connectivity index is 1.79. The van der Waals surface area contributed by atoms with Crippen LogP contribution >= 0.6 is 34.9 Å².